The van der Waals surface area contributed by atoms with Crippen LogP contribution < -0.4 is 0 Å². The van der Waals surface area contributed by atoms with Crippen LogP contribution in [0, 0.1) is 0 Å². The van der Waals surface area contributed by atoms with Gasteiger partial charge in [0.25, 0.3) is 0 Å². The van der Waals surface area contributed by atoms with Crippen LogP contribution in [0.2, 0.25) is 0 Å². The van der Waals surface area contributed by atoms with E-state index in [1.807, 2.05) is 23.9 Å². The normalized spacial score (nSPS) is 14.1. The summed E-state index contributed by atoms with van der Waals surface area (Å²) in [5.41, 5.74) is 5.69. The van der Waals surface area contributed by atoms with Gasteiger partial charge in [-0.15, -0.1) is 0 Å². The Bertz CT molecular complexity index is 912. The highest BCUT2D eigenvalue weighted by molar-refractivity contribution is 6.04. The summed E-state index contributed by atoms with van der Waals surface area (Å²) in [5.74, 6) is -0.278. The monoisotopic (exact) mass is 320 g/mol. The highest BCUT2D eigenvalue weighted by Gasteiger charge is 2.23. The first-order valence-corrected chi connectivity index (χ1v) is 8.11. The Morgan fingerprint density at radius 1 is 1.12 bits per heavy atom. The second-order valence-electron chi connectivity index (χ2n) is 6.41. The van der Waals surface area contributed by atoms with Crippen molar-refractivity contribution in [2.75, 3.05) is 7.11 Å². The molecule has 1 aliphatic rings. The van der Waals surface area contributed by atoms with Gasteiger partial charge in [0.1, 0.15) is 0 Å². The molecular formula is C20H20N2O2. The molecule has 0 amide bonds. The Kier molecular flexibility index (Phi) is 3.62. The number of hydrogen-bond donors (Lipinski definition) is 0. The fraction of sp³-hybridized carbons (Fsp3) is 0.250. The number of carbonyl (C=O) groups excluding carboxylic acids is 1. The van der Waals surface area contributed by atoms with E-state index in [9.17, 15) is 4.79 Å². The molecule has 3 aromatic rings. The second kappa shape index (κ2) is 5.80. The number of fused-ring (bicyclic) bond motifs is 2. The van der Waals surface area contributed by atoms with Crippen molar-refractivity contribution < 1.29 is 9.53 Å². The van der Waals surface area contributed by atoms with Gasteiger partial charge in [-0.2, -0.15) is 0 Å². The van der Waals surface area contributed by atoms with Crippen molar-refractivity contribution in [3.8, 4) is 0 Å². The molecule has 0 saturated carbocycles. The zero-order chi connectivity index (χ0) is 16.7. The fourth-order valence-corrected chi connectivity index (χ4v) is 3.57. The number of aryl methyl sites for hydroxylation is 1. The third-order valence-corrected chi connectivity index (χ3v) is 4.75. The average molecular weight is 320 g/mol. The van der Waals surface area contributed by atoms with E-state index in [0.29, 0.717) is 5.56 Å². The van der Waals surface area contributed by atoms with Crippen molar-refractivity contribution in [3.63, 3.8) is 0 Å². The summed E-state index contributed by atoms with van der Waals surface area (Å²) in [7, 11) is 3.40. The lowest BCUT2D eigenvalue weighted by Gasteiger charge is -2.14. The average Bonchev–Trinajstić information content (AvgIpc) is 3.13. The molecular weight excluding hydrogens is 300 g/mol. The molecule has 122 valence electrons. The topological polar surface area (TPSA) is 34.5 Å². The maximum atomic E-state index is 12.0. The van der Waals surface area contributed by atoms with Crippen molar-refractivity contribution >= 4 is 16.9 Å². The molecule has 0 aliphatic carbocycles. The highest BCUT2D eigenvalue weighted by atomic mass is 16.5. The zero-order valence-corrected chi connectivity index (χ0v) is 14.0. The Balaban J connectivity index is 1.67. The van der Waals surface area contributed by atoms with Crippen molar-refractivity contribution in [2.45, 2.75) is 19.6 Å². The summed E-state index contributed by atoms with van der Waals surface area (Å²) in [6.07, 6.45) is 1.85. The van der Waals surface area contributed by atoms with E-state index in [0.717, 1.165) is 30.5 Å². The highest BCUT2D eigenvalue weighted by Crippen LogP contribution is 2.31. The Morgan fingerprint density at radius 3 is 2.54 bits per heavy atom. The van der Waals surface area contributed by atoms with Crippen LogP contribution in [0.4, 0.5) is 0 Å². The molecule has 0 spiro atoms. The van der Waals surface area contributed by atoms with Gasteiger partial charge in [-0.3, -0.25) is 4.90 Å². The summed E-state index contributed by atoms with van der Waals surface area (Å²) < 4.78 is 6.92. The molecule has 0 bridgehead atoms. The van der Waals surface area contributed by atoms with Crippen LogP contribution in [0.15, 0.2) is 48.7 Å². The molecule has 0 atom stereocenters. The molecule has 4 nitrogen and oxygen atoms in total. The molecule has 1 aromatic heterocycles. The lowest BCUT2D eigenvalue weighted by molar-refractivity contribution is 0.0603. The van der Waals surface area contributed by atoms with E-state index in [1.54, 1.807) is 0 Å². The van der Waals surface area contributed by atoms with Gasteiger partial charge >= 0.3 is 5.97 Å². The number of carbonyl (C=O) groups is 1. The Morgan fingerprint density at radius 2 is 1.83 bits per heavy atom. The number of ether oxygens (including phenoxy) is 1. The zero-order valence-electron chi connectivity index (χ0n) is 14.0. The van der Waals surface area contributed by atoms with Gasteiger partial charge in [0.2, 0.25) is 0 Å². The molecule has 2 aromatic carbocycles. The summed E-state index contributed by atoms with van der Waals surface area (Å²) in [6.45, 7) is 2.80. The number of rotatable bonds is 3. The number of hydrogen-bond acceptors (Lipinski definition) is 3. The van der Waals surface area contributed by atoms with E-state index in [1.165, 1.54) is 23.8 Å². The van der Waals surface area contributed by atoms with Gasteiger partial charge in [0.05, 0.1) is 12.7 Å². The molecule has 0 saturated heterocycles. The SMILES string of the molecule is COC(=O)c1cn(C)c2cc3c(cc12)CN(Cc1ccccc1)C3. The molecule has 0 unspecified atom stereocenters. The quantitative estimate of drug-likeness (QED) is 0.693. The van der Waals surface area contributed by atoms with Crippen LogP contribution in [-0.4, -0.2) is 22.5 Å². The van der Waals surface area contributed by atoms with Crippen molar-refractivity contribution in [1.29, 1.82) is 0 Å². The maximum Gasteiger partial charge on any atom is 0.340 e. The van der Waals surface area contributed by atoms with Crippen molar-refractivity contribution in [2.24, 2.45) is 7.05 Å². The van der Waals surface area contributed by atoms with E-state index >= 15 is 0 Å². The third kappa shape index (κ3) is 2.49. The van der Waals surface area contributed by atoms with Gasteiger partial charge in [-0.1, -0.05) is 30.3 Å². The number of benzene rings is 2. The van der Waals surface area contributed by atoms with Gasteiger partial charge < -0.3 is 9.30 Å². The molecule has 0 N–H and O–H groups in total. The number of esters is 1. The first-order valence-electron chi connectivity index (χ1n) is 8.11. The van der Waals surface area contributed by atoms with Gasteiger partial charge in [0, 0.05) is 43.8 Å². The van der Waals surface area contributed by atoms with Gasteiger partial charge in [0.15, 0.2) is 0 Å². The maximum absolute atomic E-state index is 12.0. The van der Waals surface area contributed by atoms with Crippen LogP contribution in [-0.2, 0) is 31.4 Å². The molecule has 0 radical (unpaired) electrons. The third-order valence-electron chi connectivity index (χ3n) is 4.75. The van der Waals surface area contributed by atoms with E-state index in [-0.39, 0.29) is 5.97 Å². The minimum absolute atomic E-state index is 0.278. The Hall–Kier alpha value is -2.59. The van der Waals surface area contributed by atoms with Crippen LogP contribution >= 0.6 is 0 Å². The number of methoxy groups -OCH3 is 1. The van der Waals surface area contributed by atoms with E-state index in [4.69, 9.17) is 4.74 Å². The fourth-order valence-electron chi connectivity index (χ4n) is 3.57. The first-order chi connectivity index (χ1) is 11.7. The van der Waals surface area contributed by atoms with Crippen LogP contribution in [0.1, 0.15) is 27.0 Å². The van der Waals surface area contributed by atoms with E-state index < -0.39 is 0 Å². The minimum atomic E-state index is -0.278. The van der Waals surface area contributed by atoms with Crippen LogP contribution in [0.25, 0.3) is 10.9 Å². The molecule has 1 aliphatic heterocycles. The second-order valence-corrected chi connectivity index (χ2v) is 6.41. The standard InChI is InChI=1S/C20H20N2O2/c1-21-13-18(20(23)24-2)17-8-15-11-22(12-16(15)9-19(17)21)10-14-6-4-3-5-7-14/h3-9,13H,10-12H2,1-2H3. The minimum Gasteiger partial charge on any atom is -0.465 e. The summed E-state index contributed by atoms with van der Waals surface area (Å²) in [4.78, 5) is 14.4. The van der Waals surface area contributed by atoms with E-state index in [2.05, 4.69) is 41.3 Å². The lowest BCUT2D eigenvalue weighted by Crippen LogP contribution is -2.15. The lowest BCUT2D eigenvalue weighted by atomic mass is 10.1. The predicted octanol–water partition coefficient (Wildman–Crippen LogP) is 3.48. The molecule has 24 heavy (non-hydrogen) atoms. The largest absolute Gasteiger partial charge is 0.465 e. The number of aromatic nitrogens is 1. The molecule has 0 fully saturated rings. The van der Waals surface area contributed by atoms with Gasteiger partial charge in [-0.05, 0) is 28.8 Å². The molecule has 4 heteroatoms. The predicted molar refractivity (Wildman–Crippen MR) is 93.7 cm³/mol. The molecule has 2 heterocycles. The summed E-state index contributed by atoms with van der Waals surface area (Å²) in [6, 6.07) is 14.9. The smallest absolute Gasteiger partial charge is 0.340 e. The van der Waals surface area contributed by atoms with Crippen molar-refractivity contribution in [1.82, 2.24) is 9.47 Å². The van der Waals surface area contributed by atoms with Crippen LogP contribution in [0.3, 0.4) is 0 Å². The Labute approximate surface area is 141 Å². The van der Waals surface area contributed by atoms with Gasteiger partial charge in [-0.25, -0.2) is 4.79 Å². The molecule has 4 rings (SSSR count). The van der Waals surface area contributed by atoms with Crippen molar-refractivity contribution in [3.05, 3.63) is 70.9 Å². The number of nitrogens with zero attached hydrogens (tertiary/aromatic N) is 2. The summed E-state index contributed by atoms with van der Waals surface area (Å²) in [5, 5.41) is 0.977. The summed E-state index contributed by atoms with van der Waals surface area (Å²) >= 11 is 0. The van der Waals surface area contributed by atoms with Crippen LogP contribution in [0.5, 0.6) is 0 Å². The first kappa shape index (κ1) is 15.0.